The van der Waals surface area contributed by atoms with Crippen molar-refractivity contribution in [2.75, 3.05) is 0 Å². The third-order valence-corrected chi connectivity index (χ3v) is 10.6. The Labute approximate surface area is 185 Å². The Morgan fingerprint density at radius 3 is 1.44 bits per heavy atom. The van der Waals surface area contributed by atoms with Crippen LogP contribution < -0.4 is 0 Å². The minimum absolute atomic E-state index is 0.431. The van der Waals surface area contributed by atoms with Gasteiger partial charge in [-0.05, 0) is 83.4 Å². The lowest BCUT2D eigenvalue weighted by molar-refractivity contribution is 0.612. The van der Waals surface area contributed by atoms with E-state index in [9.17, 15) is 16.8 Å². The van der Waals surface area contributed by atoms with Crippen molar-refractivity contribution in [2.24, 2.45) is 7.05 Å². The van der Waals surface area contributed by atoms with Crippen molar-refractivity contribution in [1.82, 2.24) is 4.57 Å². The first kappa shape index (κ1) is 18.7. The van der Waals surface area contributed by atoms with Crippen LogP contribution in [-0.4, -0.2) is 21.4 Å². The molecular weight excluding hydrogens is 442 g/mol. The molecule has 4 aliphatic rings. The highest BCUT2D eigenvalue weighted by atomic mass is 32.2. The molecule has 2 aromatic carbocycles. The third kappa shape index (κ3) is 2.22. The van der Waals surface area contributed by atoms with Crippen LogP contribution in [0.15, 0.2) is 69.5 Å². The van der Waals surface area contributed by atoms with E-state index in [2.05, 4.69) is 4.57 Å². The van der Waals surface area contributed by atoms with E-state index in [1.807, 2.05) is 43.4 Å². The van der Waals surface area contributed by atoms with Crippen molar-refractivity contribution in [2.45, 2.75) is 25.7 Å². The van der Waals surface area contributed by atoms with Crippen LogP contribution in [0.3, 0.4) is 0 Å². The van der Waals surface area contributed by atoms with Crippen LogP contribution >= 0.6 is 0 Å². The zero-order chi connectivity index (χ0) is 22.0. The van der Waals surface area contributed by atoms with Crippen LogP contribution in [0.2, 0.25) is 0 Å². The first-order chi connectivity index (χ1) is 15.2. The second-order valence-electron chi connectivity index (χ2n) is 9.01. The van der Waals surface area contributed by atoms with Gasteiger partial charge in [0.2, 0.25) is 19.7 Å². The van der Waals surface area contributed by atoms with Gasteiger partial charge in [-0.15, -0.1) is 0 Å². The smallest absolute Gasteiger partial charge is 0.200 e. The molecule has 0 spiro atoms. The minimum atomic E-state index is -3.42. The zero-order valence-electron chi connectivity index (χ0n) is 17.3. The summed E-state index contributed by atoms with van der Waals surface area (Å²) in [6.07, 6.45) is 3.23. The summed E-state index contributed by atoms with van der Waals surface area (Å²) in [5, 5.41) is 4.69. The fraction of sp³-hybridized carbons (Fsp3) is 0.200. The fourth-order valence-corrected chi connectivity index (χ4v) is 9.15. The van der Waals surface area contributed by atoms with E-state index in [0.29, 0.717) is 20.9 Å². The average Bonchev–Trinajstić information content (AvgIpc) is 3.18. The highest BCUT2D eigenvalue weighted by molar-refractivity contribution is 8.04. The molecule has 1 aromatic heterocycles. The van der Waals surface area contributed by atoms with Crippen LogP contribution in [0.1, 0.15) is 36.8 Å². The third-order valence-electron chi connectivity index (χ3n) is 7.31. The quantitative estimate of drug-likeness (QED) is 0.540. The lowest BCUT2D eigenvalue weighted by Gasteiger charge is -2.19. The van der Waals surface area contributed by atoms with Gasteiger partial charge in [0.1, 0.15) is 0 Å². The molecule has 0 atom stereocenters. The van der Waals surface area contributed by atoms with E-state index in [4.69, 9.17) is 0 Å². The second kappa shape index (κ2) is 5.71. The molecule has 0 bridgehead atoms. The number of hydrogen-bond acceptors (Lipinski definition) is 4. The largest absolute Gasteiger partial charge is 0.344 e. The molecule has 3 aromatic rings. The molecule has 160 valence electrons. The SMILES string of the molecule is Cn1c2ccc(C3=C4CCC4=CS3(=O)=O)cc2c2cc(C3=C4CCC4=CS3(=O)=O)ccc21. The lowest BCUT2D eigenvalue weighted by Crippen LogP contribution is -2.03. The first-order valence-electron chi connectivity index (χ1n) is 10.7. The molecule has 2 fully saturated rings. The van der Waals surface area contributed by atoms with E-state index in [1.54, 1.807) is 0 Å². The normalized spacial score (nSPS) is 22.5. The summed E-state index contributed by atoms with van der Waals surface area (Å²) in [5.74, 6) is 0. The molecule has 5 nitrogen and oxygen atoms in total. The standard InChI is InChI=1S/C25H19NO4S2/c1-26-22-8-4-14(24-18-6-2-16(18)12-31(24,27)28)10-20(22)21-11-15(5-9-23(21)26)25-19-7-3-17(19)13-32(25,29)30/h4-5,8-13H,2-3,6-7H2,1H3. The van der Waals surface area contributed by atoms with Gasteiger partial charge in [0, 0.05) is 39.7 Å². The summed E-state index contributed by atoms with van der Waals surface area (Å²) in [7, 11) is -4.86. The maximum absolute atomic E-state index is 12.8. The number of nitrogens with zero attached hydrogens (tertiary/aromatic N) is 1. The Hall–Kier alpha value is -2.90. The summed E-state index contributed by atoms with van der Waals surface area (Å²) in [5.41, 5.74) is 7.13. The van der Waals surface area contributed by atoms with Crippen LogP contribution in [0.4, 0.5) is 0 Å². The molecule has 32 heavy (non-hydrogen) atoms. The van der Waals surface area contributed by atoms with Crippen molar-refractivity contribution < 1.29 is 16.8 Å². The Bertz CT molecular complexity index is 1660. The highest BCUT2D eigenvalue weighted by Gasteiger charge is 2.37. The number of allylic oxidation sites excluding steroid dienone is 4. The fourth-order valence-electron chi connectivity index (χ4n) is 5.58. The predicted octanol–water partition coefficient (Wildman–Crippen LogP) is 4.97. The molecule has 0 radical (unpaired) electrons. The summed E-state index contributed by atoms with van der Waals surface area (Å²) < 4.78 is 53.2. The topological polar surface area (TPSA) is 73.2 Å². The van der Waals surface area contributed by atoms with Gasteiger partial charge in [0.25, 0.3) is 0 Å². The van der Waals surface area contributed by atoms with E-state index >= 15 is 0 Å². The number of benzene rings is 2. The van der Waals surface area contributed by atoms with Crippen LogP contribution in [-0.2, 0) is 26.7 Å². The Morgan fingerprint density at radius 2 is 1.09 bits per heavy atom. The number of fused-ring (bicyclic) bond motifs is 5. The Kier molecular flexibility index (Phi) is 3.33. The van der Waals surface area contributed by atoms with Gasteiger partial charge in [-0.25, -0.2) is 16.8 Å². The van der Waals surface area contributed by atoms with Crippen LogP contribution in [0, 0.1) is 0 Å². The Balaban J connectivity index is 1.48. The van der Waals surface area contributed by atoms with Gasteiger partial charge in [-0.3, -0.25) is 0 Å². The summed E-state index contributed by atoms with van der Waals surface area (Å²) in [4.78, 5) is 0.862. The number of aryl methyl sites for hydroxylation is 1. The lowest BCUT2D eigenvalue weighted by atomic mass is 9.85. The molecule has 2 aliphatic carbocycles. The molecule has 2 aliphatic heterocycles. The van der Waals surface area contributed by atoms with Gasteiger partial charge in [-0.2, -0.15) is 0 Å². The van der Waals surface area contributed by atoms with Crippen molar-refractivity contribution in [3.8, 4) is 0 Å². The molecule has 7 heteroatoms. The monoisotopic (exact) mass is 461 g/mol. The van der Waals surface area contributed by atoms with Crippen LogP contribution in [0.5, 0.6) is 0 Å². The Morgan fingerprint density at radius 1 is 0.656 bits per heavy atom. The molecule has 3 heterocycles. The van der Waals surface area contributed by atoms with E-state index in [1.165, 1.54) is 10.8 Å². The first-order valence-corrected chi connectivity index (χ1v) is 13.8. The summed E-state index contributed by atoms with van der Waals surface area (Å²) in [6, 6.07) is 11.6. The highest BCUT2D eigenvalue weighted by Crippen LogP contribution is 2.49. The molecule has 2 saturated carbocycles. The molecular formula is C25H19NO4S2. The van der Waals surface area contributed by atoms with Crippen molar-refractivity contribution >= 4 is 51.3 Å². The maximum Gasteiger partial charge on any atom is 0.200 e. The molecule has 7 rings (SSSR count). The van der Waals surface area contributed by atoms with Crippen molar-refractivity contribution in [1.29, 1.82) is 0 Å². The van der Waals surface area contributed by atoms with Gasteiger partial charge in [0.05, 0.1) is 9.81 Å². The number of aromatic nitrogens is 1. The minimum Gasteiger partial charge on any atom is -0.344 e. The average molecular weight is 462 g/mol. The number of sulfone groups is 2. The van der Waals surface area contributed by atoms with Gasteiger partial charge in [0.15, 0.2) is 0 Å². The molecule has 0 N–H and O–H groups in total. The maximum atomic E-state index is 12.8. The van der Waals surface area contributed by atoms with Crippen molar-refractivity contribution in [3.05, 3.63) is 80.6 Å². The van der Waals surface area contributed by atoms with Gasteiger partial charge >= 0.3 is 0 Å². The number of hydrogen-bond donors (Lipinski definition) is 0. The molecule has 0 unspecified atom stereocenters. The predicted molar refractivity (Wildman–Crippen MR) is 127 cm³/mol. The van der Waals surface area contributed by atoms with E-state index < -0.39 is 19.7 Å². The van der Waals surface area contributed by atoms with Gasteiger partial charge < -0.3 is 4.57 Å². The van der Waals surface area contributed by atoms with Crippen LogP contribution in [0.25, 0.3) is 31.6 Å². The zero-order valence-corrected chi connectivity index (χ0v) is 19.0. The molecule has 0 saturated heterocycles. The second-order valence-corrected chi connectivity index (χ2v) is 12.5. The van der Waals surface area contributed by atoms with Crippen molar-refractivity contribution in [3.63, 3.8) is 0 Å². The van der Waals surface area contributed by atoms with E-state index in [-0.39, 0.29) is 0 Å². The summed E-state index contributed by atoms with van der Waals surface area (Å²) in [6.45, 7) is 0. The molecule has 0 amide bonds. The van der Waals surface area contributed by atoms with E-state index in [0.717, 1.165) is 69.8 Å². The van der Waals surface area contributed by atoms with Gasteiger partial charge in [-0.1, -0.05) is 12.1 Å². The number of rotatable bonds is 2. The summed E-state index contributed by atoms with van der Waals surface area (Å²) >= 11 is 0.